The van der Waals surface area contributed by atoms with E-state index in [0.717, 1.165) is 13.1 Å². The second-order valence-corrected chi connectivity index (χ2v) is 6.16. The summed E-state index contributed by atoms with van der Waals surface area (Å²) < 4.78 is 5.58. The molecule has 2 rings (SSSR count). The van der Waals surface area contributed by atoms with E-state index >= 15 is 0 Å². The standard InChI is InChI=1S/C15H31N3O/c1-3-17-9-5-7-15(13-16,8-11-17)18-10-4-6-14(12-18)19-2/h14H,3-13,16H2,1-2H3. The highest BCUT2D eigenvalue weighted by Crippen LogP contribution is 2.31. The van der Waals surface area contributed by atoms with Gasteiger partial charge < -0.3 is 15.4 Å². The topological polar surface area (TPSA) is 41.7 Å². The normalized spacial score (nSPS) is 35.2. The van der Waals surface area contributed by atoms with E-state index in [1.807, 2.05) is 7.11 Å². The first kappa shape index (κ1) is 15.2. The van der Waals surface area contributed by atoms with Crippen LogP contribution in [0.1, 0.15) is 39.0 Å². The maximum Gasteiger partial charge on any atom is 0.0698 e. The highest BCUT2D eigenvalue weighted by Gasteiger charge is 2.39. The zero-order valence-corrected chi connectivity index (χ0v) is 12.7. The molecule has 0 radical (unpaired) electrons. The summed E-state index contributed by atoms with van der Waals surface area (Å²) in [6, 6.07) is 0. The number of likely N-dealkylation sites (tertiary alicyclic amines) is 2. The summed E-state index contributed by atoms with van der Waals surface area (Å²) in [5.74, 6) is 0. The number of hydrogen-bond acceptors (Lipinski definition) is 4. The highest BCUT2D eigenvalue weighted by atomic mass is 16.5. The molecule has 2 fully saturated rings. The molecular formula is C15H31N3O. The van der Waals surface area contributed by atoms with Crippen molar-refractivity contribution in [1.29, 1.82) is 0 Å². The van der Waals surface area contributed by atoms with Crippen LogP contribution in [0.25, 0.3) is 0 Å². The Balaban J connectivity index is 2.04. The molecule has 0 aromatic carbocycles. The number of ether oxygens (including phenoxy) is 1. The van der Waals surface area contributed by atoms with Gasteiger partial charge in [-0.1, -0.05) is 6.92 Å². The van der Waals surface area contributed by atoms with Crippen molar-refractivity contribution in [2.45, 2.75) is 50.7 Å². The average Bonchev–Trinajstić information content (AvgIpc) is 2.70. The van der Waals surface area contributed by atoms with Crippen molar-refractivity contribution in [2.75, 3.05) is 46.4 Å². The van der Waals surface area contributed by atoms with Gasteiger partial charge in [-0.15, -0.1) is 0 Å². The molecule has 0 aromatic rings. The summed E-state index contributed by atoms with van der Waals surface area (Å²) >= 11 is 0. The van der Waals surface area contributed by atoms with Gasteiger partial charge in [-0.05, 0) is 58.3 Å². The van der Waals surface area contributed by atoms with E-state index < -0.39 is 0 Å². The van der Waals surface area contributed by atoms with Gasteiger partial charge >= 0.3 is 0 Å². The fraction of sp³-hybridized carbons (Fsp3) is 1.00. The molecule has 2 heterocycles. The molecule has 2 aliphatic rings. The molecule has 2 atom stereocenters. The van der Waals surface area contributed by atoms with Gasteiger partial charge in [0.15, 0.2) is 0 Å². The fourth-order valence-electron chi connectivity index (χ4n) is 3.76. The Morgan fingerprint density at radius 1 is 1.21 bits per heavy atom. The van der Waals surface area contributed by atoms with Crippen LogP contribution in [-0.4, -0.2) is 67.8 Å². The zero-order chi connectivity index (χ0) is 13.7. The molecule has 0 aromatic heterocycles. The van der Waals surface area contributed by atoms with Gasteiger partial charge in [0.05, 0.1) is 6.10 Å². The minimum atomic E-state index is 0.223. The molecular weight excluding hydrogens is 238 g/mol. The third kappa shape index (κ3) is 3.48. The van der Waals surface area contributed by atoms with E-state index in [4.69, 9.17) is 10.5 Å². The van der Waals surface area contributed by atoms with Gasteiger partial charge in [0.25, 0.3) is 0 Å². The van der Waals surface area contributed by atoms with Crippen molar-refractivity contribution in [1.82, 2.24) is 9.80 Å². The van der Waals surface area contributed by atoms with Crippen molar-refractivity contribution in [2.24, 2.45) is 5.73 Å². The molecule has 0 aliphatic carbocycles. The third-order valence-corrected chi connectivity index (χ3v) is 5.22. The minimum absolute atomic E-state index is 0.223. The van der Waals surface area contributed by atoms with Crippen LogP contribution in [0, 0.1) is 0 Å². The quantitative estimate of drug-likeness (QED) is 0.835. The van der Waals surface area contributed by atoms with E-state index in [1.165, 1.54) is 58.3 Å². The van der Waals surface area contributed by atoms with Crippen molar-refractivity contribution in [3.63, 3.8) is 0 Å². The first-order chi connectivity index (χ1) is 9.24. The van der Waals surface area contributed by atoms with Crippen molar-refractivity contribution in [3.8, 4) is 0 Å². The molecule has 112 valence electrons. The summed E-state index contributed by atoms with van der Waals surface area (Å²) in [6.07, 6.45) is 6.60. The van der Waals surface area contributed by atoms with Crippen LogP contribution in [0.15, 0.2) is 0 Å². The number of piperidine rings is 1. The molecule has 0 bridgehead atoms. The fourth-order valence-corrected chi connectivity index (χ4v) is 3.76. The largest absolute Gasteiger partial charge is 0.380 e. The number of methoxy groups -OCH3 is 1. The van der Waals surface area contributed by atoms with Crippen molar-refractivity contribution < 1.29 is 4.74 Å². The molecule has 2 unspecified atom stereocenters. The SMILES string of the molecule is CCN1CCCC(CN)(N2CCCC(OC)C2)CC1. The van der Waals surface area contributed by atoms with Gasteiger partial charge in [0.1, 0.15) is 0 Å². The summed E-state index contributed by atoms with van der Waals surface area (Å²) in [7, 11) is 1.84. The van der Waals surface area contributed by atoms with E-state index in [2.05, 4.69) is 16.7 Å². The number of nitrogens with zero attached hydrogens (tertiary/aromatic N) is 2. The van der Waals surface area contributed by atoms with Gasteiger partial charge in [-0.2, -0.15) is 0 Å². The molecule has 0 spiro atoms. The van der Waals surface area contributed by atoms with Crippen LogP contribution < -0.4 is 5.73 Å². The molecule has 4 heteroatoms. The number of hydrogen-bond donors (Lipinski definition) is 1. The minimum Gasteiger partial charge on any atom is -0.380 e. The Hall–Kier alpha value is -0.160. The lowest BCUT2D eigenvalue weighted by atomic mass is 9.86. The van der Waals surface area contributed by atoms with Crippen LogP contribution in [0.4, 0.5) is 0 Å². The van der Waals surface area contributed by atoms with E-state index in [1.54, 1.807) is 0 Å². The Kier molecular flexibility index (Phi) is 5.63. The van der Waals surface area contributed by atoms with Crippen molar-refractivity contribution >= 4 is 0 Å². The van der Waals surface area contributed by atoms with Gasteiger partial charge in [-0.3, -0.25) is 4.90 Å². The first-order valence-electron chi connectivity index (χ1n) is 7.94. The van der Waals surface area contributed by atoms with E-state index in [9.17, 15) is 0 Å². The zero-order valence-electron chi connectivity index (χ0n) is 12.7. The Morgan fingerprint density at radius 2 is 2.05 bits per heavy atom. The van der Waals surface area contributed by atoms with Crippen LogP contribution in [0.2, 0.25) is 0 Å². The van der Waals surface area contributed by atoms with Gasteiger partial charge in [0, 0.05) is 25.7 Å². The molecule has 19 heavy (non-hydrogen) atoms. The lowest BCUT2D eigenvalue weighted by molar-refractivity contribution is -0.0224. The lowest BCUT2D eigenvalue weighted by Gasteiger charge is -2.46. The average molecular weight is 269 g/mol. The lowest BCUT2D eigenvalue weighted by Crippen LogP contribution is -2.58. The van der Waals surface area contributed by atoms with E-state index in [0.29, 0.717) is 6.10 Å². The molecule has 0 saturated carbocycles. The first-order valence-corrected chi connectivity index (χ1v) is 7.94. The van der Waals surface area contributed by atoms with Crippen LogP contribution >= 0.6 is 0 Å². The molecule has 2 N–H and O–H groups in total. The maximum atomic E-state index is 6.21. The van der Waals surface area contributed by atoms with Crippen LogP contribution in [-0.2, 0) is 4.74 Å². The second kappa shape index (κ2) is 7.02. The molecule has 4 nitrogen and oxygen atoms in total. The Bertz CT molecular complexity index is 274. The Morgan fingerprint density at radius 3 is 2.74 bits per heavy atom. The van der Waals surface area contributed by atoms with Crippen molar-refractivity contribution in [3.05, 3.63) is 0 Å². The maximum absolute atomic E-state index is 6.21. The molecule has 0 amide bonds. The monoisotopic (exact) mass is 269 g/mol. The number of nitrogens with two attached hydrogens (primary N) is 1. The van der Waals surface area contributed by atoms with Crippen LogP contribution in [0.3, 0.4) is 0 Å². The van der Waals surface area contributed by atoms with E-state index in [-0.39, 0.29) is 5.54 Å². The summed E-state index contributed by atoms with van der Waals surface area (Å²) in [5, 5.41) is 0. The highest BCUT2D eigenvalue weighted by molar-refractivity contribution is 4.96. The van der Waals surface area contributed by atoms with Crippen LogP contribution in [0.5, 0.6) is 0 Å². The molecule has 2 aliphatic heterocycles. The van der Waals surface area contributed by atoms with Gasteiger partial charge in [0.2, 0.25) is 0 Å². The summed E-state index contributed by atoms with van der Waals surface area (Å²) in [5.41, 5.74) is 6.43. The smallest absolute Gasteiger partial charge is 0.0698 e. The summed E-state index contributed by atoms with van der Waals surface area (Å²) in [6.45, 7) is 8.92. The molecule has 2 saturated heterocycles. The predicted octanol–water partition coefficient (Wildman–Crippen LogP) is 1.30. The van der Waals surface area contributed by atoms with Gasteiger partial charge in [-0.25, -0.2) is 0 Å². The number of rotatable bonds is 4. The predicted molar refractivity (Wildman–Crippen MR) is 79.4 cm³/mol. The Labute approximate surface area is 118 Å². The summed E-state index contributed by atoms with van der Waals surface area (Å²) in [4.78, 5) is 5.21. The third-order valence-electron chi connectivity index (χ3n) is 5.22. The second-order valence-electron chi connectivity index (χ2n) is 6.16.